The predicted molar refractivity (Wildman–Crippen MR) is 95.2 cm³/mol. The average molecular weight is 348 g/mol. The van der Waals surface area contributed by atoms with Gasteiger partial charge >= 0.3 is 0 Å². The maximum atomic E-state index is 13.0. The lowest BCUT2D eigenvalue weighted by Gasteiger charge is -2.18. The highest BCUT2D eigenvalue weighted by molar-refractivity contribution is 5.83. The number of aromatic nitrogens is 5. The minimum atomic E-state index is -0.603. The summed E-state index contributed by atoms with van der Waals surface area (Å²) in [5, 5.41) is 14.6. The number of hydrogen-bond acceptors (Lipinski definition) is 5. The van der Waals surface area contributed by atoms with E-state index in [9.17, 15) is 4.79 Å². The highest BCUT2D eigenvalue weighted by atomic mass is 16.2. The summed E-state index contributed by atoms with van der Waals surface area (Å²) in [5.41, 5.74) is 4.34. The first kappa shape index (κ1) is 16.4. The van der Waals surface area contributed by atoms with Gasteiger partial charge in [0.05, 0.1) is 0 Å². The molecular formula is C19H20N6O. The van der Waals surface area contributed by atoms with Gasteiger partial charge in [-0.2, -0.15) is 0 Å². The number of pyridine rings is 1. The number of carbonyl (C=O) groups is 1. The molecule has 1 atom stereocenters. The standard InChI is InChI=1S/C19H20N6O/c1-13-22-23-24-25(13)18(15-6-3-2-4-7-15)19(26)21-12-14-10-16-8-5-9-17(16)20-11-14/h2-4,6-7,10-11,18H,5,8-9,12H2,1H3,(H,21,26)/t18-/m1/s1. The Hall–Kier alpha value is -3.09. The summed E-state index contributed by atoms with van der Waals surface area (Å²) in [6, 6.07) is 11.1. The molecular weight excluding hydrogens is 328 g/mol. The third-order valence-corrected chi connectivity index (χ3v) is 4.71. The van der Waals surface area contributed by atoms with Crippen LogP contribution in [0.1, 0.15) is 40.7 Å². The number of benzene rings is 1. The minimum Gasteiger partial charge on any atom is -0.350 e. The molecule has 3 aromatic rings. The molecule has 0 radical (unpaired) electrons. The summed E-state index contributed by atoms with van der Waals surface area (Å²) in [6.45, 7) is 2.22. The van der Waals surface area contributed by atoms with Crippen molar-refractivity contribution in [1.82, 2.24) is 30.5 Å². The fraction of sp³-hybridized carbons (Fsp3) is 0.316. The van der Waals surface area contributed by atoms with Gasteiger partial charge in [-0.1, -0.05) is 36.4 Å². The second-order valence-corrected chi connectivity index (χ2v) is 6.50. The van der Waals surface area contributed by atoms with Gasteiger partial charge < -0.3 is 5.32 Å². The Morgan fingerprint density at radius 1 is 1.27 bits per heavy atom. The molecule has 1 amide bonds. The number of hydrogen-bond donors (Lipinski definition) is 1. The number of tetrazole rings is 1. The highest BCUT2D eigenvalue weighted by Gasteiger charge is 2.25. The van der Waals surface area contributed by atoms with Crippen LogP contribution < -0.4 is 5.32 Å². The SMILES string of the molecule is Cc1nnnn1[C@@H](C(=O)NCc1cnc2c(c1)CCC2)c1ccccc1. The Labute approximate surface area is 151 Å². The van der Waals surface area contributed by atoms with Gasteiger partial charge in [-0.05, 0) is 53.3 Å². The van der Waals surface area contributed by atoms with Crippen LogP contribution in [0.5, 0.6) is 0 Å². The maximum absolute atomic E-state index is 13.0. The molecule has 2 aromatic heterocycles. The summed E-state index contributed by atoms with van der Waals surface area (Å²) in [6.07, 6.45) is 5.13. The van der Waals surface area contributed by atoms with Crippen molar-refractivity contribution in [2.75, 3.05) is 0 Å². The number of carbonyl (C=O) groups excluding carboxylic acids is 1. The zero-order chi connectivity index (χ0) is 17.9. The smallest absolute Gasteiger partial charge is 0.249 e. The maximum Gasteiger partial charge on any atom is 0.249 e. The fourth-order valence-corrected chi connectivity index (χ4v) is 3.37. The summed E-state index contributed by atoms with van der Waals surface area (Å²) in [7, 11) is 0. The average Bonchev–Trinajstić information content (AvgIpc) is 3.30. The first-order valence-electron chi connectivity index (χ1n) is 8.76. The number of nitrogens with zero attached hydrogens (tertiary/aromatic N) is 5. The Kier molecular flexibility index (Phi) is 4.43. The van der Waals surface area contributed by atoms with E-state index in [2.05, 4.69) is 31.9 Å². The van der Waals surface area contributed by atoms with E-state index in [1.165, 1.54) is 11.3 Å². The number of fused-ring (bicyclic) bond motifs is 1. The lowest BCUT2D eigenvalue weighted by atomic mass is 10.1. The quantitative estimate of drug-likeness (QED) is 0.759. The van der Waals surface area contributed by atoms with Gasteiger partial charge in [0, 0.05) is 18.4 Å². The summed E-state index contributed by atoms with van der Waals surface area (Å²) < 4.78 is 1.55. The number of rotatable bonds is 5. The molecule has 7 nitrogen and oxygen atoms in total. The summed E-state index contributed by atoms with van der Waals surface area (Å²) in [5.74, 6) is 0.445. The van der Waals surface area contributed by atoms with Crippen LogP contribution >= 0.6 is 0 Å². The highest BCUT2D eigenvalue weighted by Crippen LogP contribution is 2.21. The van der Waals surface area contributed by atoms with Crippen LogP contribution in [0.25, 0.3) is 0 Å². The summed E-state index contributed by atoms with van der Waals surface area (Å²) in [4.78, 5) is 17.5. The molecule has 26 heavy (non-hydrogen) atoms. The molecule has 1 N–H and O–H groups in total. The van der Waals surface area contributed by atoms with E-state index in [0.717, 1.165) is 30.4 Å². The van der Waals surface area contributed by atoms with Crippen molar-refractivity contribution < 1.29 is 4.79 Å². The molecule has 7 heteroatoms. The van der Waals surface area contributed by atoms with Crippen molar-refractivity contribution in [2.45, 2.75) is 38.8 Å². The molecule has 1 aliphatic carbocycles. The second-order valence-electron chi connectivity index (χ2n) is 6.50. The summed E-state index contributed by atoms with van der Waals surface area (Å²) >= 11 is 0. The van der Waals surface area contributed by atoms with Crippen LogP contribution in [0.4, 0.5) is 0 Å². The normalized spacial score (nSPS) is 14.0. The van der Waals surface area contributed by atoms with Gasteiger partial charge in [-0.25, -0.2) is 4.68 Å². The first-order valence-corrected chi connectivity index (χ1v) is 8.76. The van der Waals surface area contributed by atoms with Crippen molar-refractivity contribution in [3.8, 4) is 0 Å². The van der Waals surface area contributed by atoms with E-state index in [0.29, 0.717) is 12.4 Å². The lowest BCUT2D eigenvalue weighted by Crippen LogP contribution is -2.34. The number of amides is 1. The van der Waals surface area contributed by atoms with E-state index in [1.807, 2.05) is 36.5 Å². The van der Waals surface area contributed by atoms with Gasteiger partial charge in [0.25, 0.3) is 0 Å². The van der Waals surface area contributed by atoms with Crippen molar-refractivity contribution in [3.63, 3.8) is 0 Å². The molecule has 0 saturated carbocycles. The van der Waals surface area contributed by atoms with E-state index in [1.54, 1.807) is 11.6 Å². The van der Waals surface area contributed by atoms with Crippen LogP contribution in [0.2, 0.25) is 0 Å². The van der Waals surface area contributed by atoms with Crippen LogP contribution in [0.15, 0.2) is 42.6 Å². The van der Waals surface area contributed by atoms with Crippen LogP contribution in [-0.2, 0) is 24.2 Å². The number of nitrogens with one attached hydrogen (secondary N) is 1. The Morgan fingerprint density at radius 2 is 2.12 bits per heavy atom. The zero-order valence-electron chi connectivity index (χ0n) is 14.6. The van der Waals surface area contributed by atoms with E-state index in [4.69, 9.17) is 0 Å². The van der Waals surface area contributed by atoms with Gasteiger partial charge in [0.2, 0.25) is 5.91 Å². The van der Waals surface area contributed by atoms with Crippen molar-refractivity contribution in [2.24, 2.45) is 0 Å². The van der Waals surface area contributed by atoms with Crippen LogP contribution in [0.3, 0.4) is 0 Å². The molecule has 0 unspecified atom stereocenters. The third-order valence-electron chi connectivity index (χ3n) is 4.71. The van der Waals surface area contributed by atoms with Gasteiger partial charge in [0.1, 0.15) is 5.82 Å². The van der Waals surface area contributed by atoms with E-state index < -0.39 is 6.04 Å². The molecule has 0 spiro atoms. The van der Waals surface area contributed by atoms with Crippen molar-refractivity contribution in [1.29, 1.82) is 0 Å². The molecule has 1 aliphatic rings. The fourth-order valence-electron chi connectivity index (χ4n) is 3.37. The van der Waals surface area contributed by atoms with Gasteiger partial charge in [0.15, 0.2) is 6.04 Å². The Bertz CT molecular complexity index is 921. The minimum absolute atomic E-state index is 0.146. The van der Waals surface area contributed by atoms with Gasteiger partial charge in [-0.3, -0.25) is 9.78 Å². The molecule has 0 bridgehead atoms. The Morgan fingerprint density at radius 3 is 2.88 bits per heavy atom. The molecule has 4 rings (SSSR count). The van der Waals surface area contributed by atoms with Crippen LogP contribution in [-0.4, -0.2) is 31.1 Å². The molecule has 1 aromatic carbocycles. The number of aryl methyl sites for hydroxylation is 3. The molecule has 2 heterocycles. The predicted octanol–water partition coefficient (Wildman–Crippen LogP) is 1.77. The Balaban J connectivity index is 1.54. The van der Waals surface area contributed by atoms with Gasteiger partial charge in [-0.15, -0.1) is 5.10 Å². The third kappa shape index (κ3) is 3.20. The molecule has 132 valence electrons. The van der Waals surface area contributed by atoms with Crippen LogP contribution in [0, 0.1) is 6.92 Å². The van der Waals surface area contributed by atoms with Crippen molar-refractivity contribution in [3.05, 3.63) is 70.8 Å². The largest absolute Gasteiger partial charge is 0.350 e. The molecule has 0 fully saturated rings. The van der Waals surface area contributed by atoms with Crippen molar-refractivity contribution >= 4 is 5.91 Å². The topological polar surface area (TPSA) is 85.6 Å². The van der Waals surface area contributed by atoms with E-state index in [-0.39, 0.29) is 5.91 Å². The molecule has 0 aliphatic heterocycles. The lowest BCUT2D eigenvalue weighted by molar-refractivity contribution is -0.123. The first-order chi connectivity index (χ1) is 12.7. The molecule has 0 saturated heterocycles. The zero-order valence-corrected chi connectivity index (χ0v) is 14.6. The monoisotopic (exact) mass is 348 g/mol. The second kappa shape index (κ2) is 7.03. The van der Waals surface area contributed by atoms with E-state index >= 15 is 0 Å².